The van der Waals surface area contributed by atoms with Gasteiger partial charge in [0.05, 0.1) is 27.3 Å². The van der Waals surface area contributed by atoms with Crippen LogP contribution in [0.2, 0.25) is 5.02 Å². The average molecular weight is 514 g/mol. The van der Waals surface area contributed by atoms with Crippen molar-refractivity contribution in [2.24, 2.45) is 13.0 Å². The lowest BCUT2D eigenvalue weighted by atomic mass is 10.0. The van der Waals surface area contributed by atoms with Gasteiger partial charge in [0.25, 0.3) is 0 Å². The molecule has 1 aliphatic heterocycles. The van der Waals surface area contributed by atoms with Crippen LogP contribution >= 0.6 is 22.9 Å². The first-order valence-corrected chi connectivity index (χ1v) is 10.9. The molecule has 1 aliphatic rings. The number of carbonyl (C=O) groups excluding carboxylic acids is 2. The molecule has 1 saturated heterocycles. The van der Waals surface area contributed by atoms with E-state index in [1.807, 2.05) is 0 Å². The number of halogens is 4. The van der Waals surface area contributed by atoms with Gasteiger partial charge in [-0.3, -0.25) is 24.2 Å². The summed E-state index contributed by atoms with van der Waals surface area (Å²) in [5.74, 6) is -4.20. The maximum absolute atomic E-state index is 13.2. The first kappa shape index (κ1) is 23.8. The first-order chi connectivity index (χ1) is 15.9. The molecule has 0 bridgehead atoms. The molecular weight excluding hydrogens is 499 g/mol. The van der Waals surface area contributed by atoms with Gasteiger partial charge in [-0.1, -0.05) is 35.1 Å². The topological polar surface area (TPSA) is 99.9 Å². The molecule has 4 rings (SSSR count). The summed E-state index contributed by atoms with van der Waals surface area (Å²) >= 11 is 6.84. The monoisotopic (exact) mass is 513 g/mol. The van der Waals surface area contributed by atoms with E-state index >= 15 is 0 Å². The van der Waals surface area contributed by atoms with Gasteiger partial charge < -0.3 is 9.67 Å². The summed E-state index contributed by atoms with van der Waals surface area (Å²) in [6.07, 6.45) is -4.76. The average Bonchev–Trinajstić information content (AvgIpc) is 3.04. The summed E-state index contributed by atoms with van der Waals surface area (Å²) in [5, 5.41) is 8.87. The number of rotatable bonds is 4. The number of nitrogens with zero attached hydrogens (tertiary/aromatic N) is 3. The fourth-order valence-electron chi connectivity index (χ4n) is 3.69. The molecule has 0 saturated carbocycles. The van der Waals surface area contributed by atoms with Gasteiger partial charge in [0.1, 0.15) is 0 Å². The Morgan fingerprint density at radius 3 is 2.56 bits per heavy atom. The predicted molar refractivity (Wildman–Crippen MR) is 118 cm³/mol. The van der Waals surface area contributed by atoms with Crippen LogP contribution in [0.25, 0.3) is 10.2 Å². The molecule has 178 valence electrons. The fourth-order valence-corrected chi connectivity index (χ4v) is 4.90. The number of carboxylic acid groups (broad SMARTS) is 1. The van der Waals surface area contributed by atoms with Crippen LogP contribution in [-0.2, 0) is 29.4 Å². The zero-order valence-corrected chi connectivity index (χ0v) is 18.9. The van der Waals surface area contributed by atoms with Crippen LogP contribution in [0.5, 0.6) is 0 Å². The highest BCUT2D eigenvalue weighted by Gasteiger charge is 2.44. The molecule has 8 nitrogen and oxygen atoms in total. The van der Waals surface area contributed by atoms with Gasteiger partial charge in [-0.15, -0.1) is 0 Å². The van der Waals surface area contributed by atoms with E-state index in [2.05, 4.69) is 0 Å². The number of benzene rings is 2. The molecular formula is C21H15ClF3N3O5S. The Kier molecular flexibility index (Phi) is 5.90. The summed E-state index contributed by atoms with van der Waals surface area (Å²) < 4.78 is 41.6. The molecule has 1 N–H and O–H groups in total. The third kappa shape index (κ3) is 4.03. The highest BCUT2D eigenvalue weighted by Crippen LogP contribution is 2.37. The standard InChI is InChI=1S/C21H15ClF3N3O5S/c1-26-14-6-5-11(7-15(14)34-20(26)33)27-9-12(18(30)31)17(29)28(19(27)32)8-10-3-2-4-13(16(10)22)21(23,24)25/h2-7,12H,8-9H2,1H3,(H,30,31). The number of fused-ring (bicyclic) bond motifs is 1. The van der Waals surface area contributed by atoms with Crippen LogP contribution in [-0.4, -0.2) is 39.0 Å². The number of aromatic nitrogens is 1. The van der Waals surface area contributed by atoms with Crippen molar-refractivity contribution in [2.45, 2.75) is 12.7 Å². The number of carboxylic acids is 1. The number of hydrogen-bond donors (Lipinski definition) is 1. The van der Waals surface area contributed by atoms with E-state index < -0.39 is 53.7 Å². The van der Waals surface area contributed by atoms with Gasteiger partial charge in [0, 0.05) is 19.3 Å². The minimum atomic E-state index is -4.76. The lowest BCUT2D eigenvalue weighted by Gasteiger charge is -2.37. The summed E-state index contributed by atoms with van der Waals surface area (Å²) in [6.45, 7) is -1.13. The molecule has 1 unspecified atom stereocenters. The minimum absolute atomic E-state index is 0.166. The van der Waals surface area contributed by atoms with Crippen molar-refractivity contribution >= 4 is 56.7 Å². The zero-order chi connectivity index (χ0) is 24.9. The normalized spacial score (nSPS) is 17.0. The van der Waals surface area contributed by atoms with Crippen LogP contribution in [0, 0.1) is 5.92 Å². The summed E-state index contributed by atoms with van der Waals surface area (Å²) in [4.78, 5) is 51.1. The van der Waals surface area contributed by atoms with Gasteiger partial charge in [0.15, 0.2) is 5.92 Å². The Bertz CT molecular complexity index is 1400. The second kappa shape index (κ2) is 8.44. The Balaban J connectivity index is 1.75. The molecule has 1 fully saturated rings. The molecule has 2 aromatic carbocycles. The maximum Gasteiger partial charge on any atom is 0.417 e. The largest absolute Gasteiger partial charge is 0.481 e. The first-order valence-electron chi connectivity index (χ1n) is 9.70. The number of thiazole rings is 1. The predicted octanol–water partition coefficient (Wildman–Crippen LogP) is 3.94. The molecule has 1 atom stereocenters. The van der Waals surface area contributed by atoms with Crippen molar-refractivity contribution in [1.29, 1.82) is 0 Å². The van der Waals surface area contributed by atoms with Crippen LogP contribution < -0.4 is 9.77 Å². The van der Waals surface area contributed by atoms with E-state index in [0.29, 0.717) is 15.1 Å². The van der Waals surface area contributed by atoms with Crippen molar-refractivity contribution in [3.05, 3.63) is 62.2 Å². The van der Waals surface area contributed by atoms with Crippen LogP contribution in [0.3, 0.4) is 0 Å². The van der Waals surface area contributed by atoms with Gasteiger partial charge in [-0.25, -0.2) is 4.79 Å². The van der Waals surface area contributed by atoms with E-state index in [-0.39, 0.29) is 16.1 Å². The molecule has 13 heteroatoms. The number of urea groups is 1. The molecule has 34 heavy (non-hydrogen) atoms. The van der Waals surface area contributed by atoms with Gasteiger partial charge >= 0.3 is 23.0 Å². The quantitative estimate of drug-likeness (QED) is 0.533. The molecule has 0 aliphatic carbocycles. The third-order valence-corrected chi connectivity index (χ3v) is 6.93. The molecule has 3 aromatic rings. The van der Waals surface area contributed by atoms with Gasteiger partial charge in [-0.05, 0) is 29.8 Å². The Morgan fingerprint density at radius 2 is 1.91 bits per heavy atom. The van der Waals surface area contributed by atoms with Gasteiger partial charge in [0.2, 0.25) is 5.91 Å². The molecule has 2 heterocycles. The second-order valence-corrected chi connectivity index (χ2v) is 8.93. The summed E-state index contributed by atoms with van der Waals surface area (Å²) in [6, 6.07) is 6.74. The van der Waals surface area contributed by atoms with Crippen molar-refractivity contribution in [2.75, 3.05) is 11.4 Å². The maximum atomic E-state index is 13.2. The fraction of sp³-hybridized carbons (Fsp3) is 0.238. The molecule has 1 aromatic heterocycles. The van der Waals surface area contributed by atoms with Crippen molar-refractivity contribution in [3.63, 3.8) is 0 Å². The third-order valence-electron chi connectivity index (χ3n) is 5.49. The number of aliphatic carboxylic acids is 1. The van der Waals surface area contributed by atoms with Gasteiger partial charge in [-0.2, -0.15) is 13.2 Å². The highest BCUT2D eigenvalue weighted by atomic mass is 35.5. The van der Waals surface area contributed by atoms with E-state index in [4.69, 9.17) is 11.6 Å². The number of anilines is 1. The van der Waals surface area contributed by atoms with E-state index in [1.165, 1.54) is 22.8 Å². The second-order valence-electron chi connectivity index (χ2n) is 7.56. The minimum Gasteiger partial charge on any atom is -0.481 e. The summed E-state index contributed by atoms with van der Waals surface area (Å²) in [7, 11) is 1.58. The number of aryl methyl sites for hydroxylation is 1. The van der Waals surface area contributed by atoms with E-state index in [1.54, 1.807) is 13.1 Å². The number of carbonyl (C=O) groups is 3. The van der Waals surface area contributed by atoms with Crippen LogP contribution in [0.1, 0.15) is 11.1 Å². The molecule has 0 radical (unpaired) electrons. The van der Waals surface area contributed by atoms with Crippen LogP contribution in [0.15, 0.2) is 41.2 Å². The van der Waals surface area contributed by atoms with Crippen molar-refractivity contribution < 1.29 is 32.7 Å². The lowest BCUT2D eigenvalue weighted by molar-refractivity contribution is -0.150. The number of amides is 3. The smallest absolute Gasteiger partial charge is 0.417 e. The highest BCUT2D eigenvalue weighted by molar-refractivity contribution is 7.16. The van der Waals surface area contributed by atoms with Crippen LogP contribution in [0.4, 0.5) is 23.7 Å². The van der Waals surface area contributed by atoms with E-state index in [0.717, 1.165) is 28.4 Å². The van der Waals surface area contributed by atoms with E-state index in [9.17, 15) is 37.5 Å². The molecule has 3 amide bonds. The number of alkyl halides is 3. The Hall–Kier alpha value is -3.38. The number of imide groups is 1. The summed E-state index contributed by atoms with van der Waals surface area (Å²) in [5.41, 5.74) is -0.472. The SMILES string of the molecule is Cn1c(=O)sc2cc(N3CC(C(=O)O)C(=O)N(Cc4cccc(C(F)(F)F)c4Cl)C3=O)ccc21. The molecule has 0 spiro atoms. The zero-order valence-electron chi connectivity index (χ0n) is 17.3. The Morgan fingerprint density at radius 1 is 1.21 bits per heavy atom. The Labute approximate surface area is 198 Å². The van der Waals surface area contributed by atoms with Crippen molar-refractivity contribution in [1.82, 2.24) is 9.47 Å². The number of hydrogen-bond acceptors (Lipinski definition) is 5. The lowest BCUT2D eigenvalue weighted by Crippen LogP contribution is -2.58. The van der Waals surface area contributed by atoms with Crippen molar-refractivity contribution in [3.8, 4) is 0 Å².